The number of carbonyl (C=O) groups excluding carboxylic acids is 1. The Morgan fingerprint density at radius 2 is 2.43 bits per heavy atom. The minimum atomic E-state index is -0.252. The van der Waals surface area contributed by atoms with Gasteiger partial charge >= 0.3 is 0 Å². The van der Waals surface area contributed by atoms with Gasteiger partial charge in [0.05, 0.1) is 0 Å². The molecule has 1 fully saturated rings. The average Bonchev–Trinajstić information content (AvgIpc) is 2.51. The molecule has 14 heavy (non-hydrogen) atoms. The minimum Gasteiger partial charge on any atom is -0.346 e. The highest BCUT2D eigenvalue weighted by molar-refractivity contribution is 5.90. The normalized spacial score (nSPS) is 18.6. The summed E-state index contributed by atoms with van der Waals surface area (Å²) in [5.74, 6) is 0.472. The van der Waals surface area contributed by atoms with E-state index in [0.717, 1.165) is 0 Å². The fourth-order valence-electron chi connectivity index (χ4n) is 1.59. The zero-order chi connectivity index (χ0) is 9.97. The molecule has 1 unspecified atom stereocenters. The lowest BCUT2D eigenvalue weighted by atomic mass is 9.80. The molecule has 0 bridgehead atoms. The van der Waals surface area contributed by atoms with Crippen molar-refractivity contribution in [1.29, 1.82) is 0 Å². The first-order chi connectivity index (χ1) is 6.77. The Labute approximate surface area is 81.5 Å². The second-order valence-corrected chi connectivity index (χ2v) is 3.69. The van der Waals surface area contributed by atoms with Crippen molar-refractivity contribution in [1.82, 2.24) is 25.9 Å². The molecular formula is C8H13N5O. The quantitative estimate of drug-likeness (QED) is 0.717. The van der Waals surface area contributed by atoms with Gasteiger partial charge in [-0.3, -0.25) is 4.79 Å². The number of tetrazole rings is 1. The van der Waals surface area contributed by atoms with E-state index >= 15 is 0 Å². The summed E-state index contributed by atoms with van der Waals surface area (Å²) in [7, 11) is 0. The van der Waals surface area contributed by atoms with Crippen LogP contribution in [0, 0.1) is 5.92 Å². The maximum atomic E-state index is 11.5. The van der Waals surface area contributed by atoms with E-state index < -0.39 is 0 Å². The third-order valence-corrected chi connectivity index (χ3v) is 2.76. The van der Waals surface area contributed by atoms with E-state index in [1.165, 1.54) is 19.3 Å². The van der Waals surface area contributed by atoms with Crippen molar-refractivity contribution in [2.75, 3.05) is 0 Å². The molecule has 0 radical (unpaired) electrons. The van der Waals surface area contributed by atoms with Crippen molar-refractivity contribution in [3.05, 3.63) is 5.82 Å². The van der Waals surface area contributed by atoms with E-state index in [4.69, 9.17) is 0 Å². The smallest absolute Gasteiger partial charge is 0.293 e. The summed E-state index contributed by atoms with van der Waals surface area (Å²) in [4.78, 5) is 11.5. The zero-order valence-corrected chi connectivity index (χ0v) is 8.03. The number of aromatic amines is 1. The van der Waals surface area contributed by atoms with E-state index in [1.54, 1.807) is 0 Å². The predicted octanol–water partition coefficient (Wildman–Crippen LogP) is 0.118. The maximum Gasteiger partial charge on any atom is 0.293 e. The standard InChI is InChI=1S/C8H13N5O/c1-5(6-3-2-4-6)9-8(14)7-10-12-13-11-7/h5-6H,2-4H2,1H3,(H,9,14)(H,10,11,12,13). The summed E-state index contributed by atoms with van der Waals surface area (Å²) in [6, 6.07) is 0.203. The molecule has 1 heterocycles. The molecule has 1 aromatic heterocycles. The van der Waals surface area contributed by atoms with Crippen LogP contribution in [0.25, 0.3) is 0 Å². The molecule has 2 rings (SSSR count). The van der Waals surface area contributed by atoms with Gasteiger partial charge in [0.1, 0.15) is 0 Å². The number of rotatable bonds is 3. The summed E-state index contributed by atoms with van der Waals surface area (Å²) < 4.78 is 0. The van der Waals surface area contributed by atoms with Crippen LogP contribution in [-0.2, 0) is 0 Å². The number of hydrogen-bond donors (Lipinski definition) is 2. The predicted molar refractivity (Wildman–Crippen MR) is 48.4 cm³/mol. The monoisotopic (exact) mass is 195 g/mol. The van der Waals surface area contributed by atoms with Crippen LogP contribution in [0.3, 0.4) is 0 Å². The Morgan fingerprint density at radius 1 is 1.64 bits per heavy atom. The Kier molecular flexibility index (Phi) is 2.43. The molecule has 1 saturated carbocycles. The number of nitrogens with one attached hydrogen (secondary N) is 2. The lowest BCUT2D eigenvalue weighted by molar-refractivity contribution is 0.0899. The first kappa shape index (κ1) is 9.11. The number of nitrogens with zero attached hydrogens (tertiary/aromatic N) is 3. The second kappa shape index (κ2) is 3.73. The Hall–Kier alpha value is -1.46. The van der Waals surface area contributed by atoms with Gasteiger partial charge in [-0.05, 0) is 30.9 Å². The lowest BCUT2D eigenvalue weighted by Crippen LogP contribution is -2.41. The van der Waals surface area contributed by atoms with Crippen LogP contribution in [0.1, 0.15) is 36.8 Å². The summed E-state index contributed by atoms with van der Waals surface area (Å²) >= 11 is 0. The van der Waals surface area contributed by atoms with Crippen molar-refractivity contribution < 1.29 is 4.79 Å². The number of hydrogen-bond acceptors (Lipinski definition) is 4. The third-order valence-electron chi connectivity index (χ3n) is 2.76. The number of H-pyrrole nitrogens is 1. The molecule has 76 valence electrons. The molecule has 1 aliphatic rings. The van der Waals surface area contributed by atoms with Crippen LogP contribution in [0.2, 0.25) is 0 Å². The highest BCUT2D eigenvalue weighted by atomic mass is 16.2. The van der Waals surface area contributed by atoms with Gasteiger partial charge in [0.15, 0.2) is 0 Å². The first-order valence-electron chi connectivity index (χ1n) is 4.81. The molecule has 1 amide bonds. The fourth-order valence-corrected chi connectivity index (χ4v) is 1.59. The van der Waals surface area contributed by atoms with Gasteiger partial charge in [-0.1, -0.05) is 6.42 Å². The lowest BCUT2D eigenvalue weighted by Gasteiger charge is -2.31. The highest BCUT2D eigenvalue weighted by Crippen LogP contribution is 2.29. The van der Waals surface area contributed by atoms with Crippen LogP contribution >= 0.6 is 0 Å². The first-order valence-corrected chi connectivity index (χ1v) is 4.81. The van der Waals surface area contributed by atoms with Crippen LogP contribution in [0.4, 0.5) is 0 Å². The Bertz CT molecular complexity index is 306. The van der Waals surface area contributed by atoms with E-state index in [9.17, 15) is 4.79 Å². The molecule has 1 aliphatic carbocycles. The zero-order valence-electron chi connectivity index (χ0n) is 8.03. The SMILES string of the molecule is CC(NC(=O)c1nn[nH]n1)C1CCC1. The van der Waals surface area contributed by atoms with Crippen LogP contribution < -0.4 is 5.32 Å². The Morgan fingerprint density at radius 3 is 2.93 bits per heavy atom. The van der Waals surface area contributed by atoms with Gasteiger partial charge in [0, 0.05) is 6.04 Å². The average molecular weight is 195 g/mol. The van der Waals surface area contributed by atoms with Crippen molar-refractivity contribution in [2.24, 2.45) is 5.92 Å². The maximum absolute atomic E-state index is 11.5. The van der Waals surface area contributed by atoms with Crippen molar-refractivity contribution in [2.45, 2.75) is 32.2 Å². The van der Waals surface area contributed by atoms with E-state index in [-0.39, 0.29) is 17.8 Å². The number of carbonyl (C=O) groups is 1. The second-order valence-electron chi connectivity index (χ2n) is 3.69. The van der Waals surface area contributed by atoms with Gasteiger partial charge in [0.25, 0.3) is 11.7 Å². The molecule has 1 atom stereocenters. The summed E-state index contributed by atoms with van der Waals surface area (Å²) in [5, 5.41) is 15.7. The Balaban J connectivity index is 1.87. The van der Waals surface area contributed by atoms with Crippen LogP contribution in [0.15, 0.2) is 0 Å². The van der Waals surface area contributed by atoms with Crippen molar-refractivity contribution in [3.63, 3.8) is 0 Å². The van der Waals surface area contributed by atoms with Crippen molar-refractivity contribution in [3.8, 4) is 0 Å². The minimum absolute atomic E-state index is 0.108. The molecule has 1 aromatic rings. The molecule has 0 aromatic carbocycles. The van der Waals surface area contributed by atoms with E-state index in [2.05, 4.69) is 25.9 Å². The van der Waals surface area contributed by atoms with Gasteiger partial charge in [-0.15, -0.1) is 10.2 Å². The van der Waals surface area contributed by atoms with Crippen LogP contribution in [0.5, 0.6) is 0 Å². The molecule has 0 saturated heterocycles. The van der Waals surface area contributed by atoms with Gasteiger partial charge in [-0.2, -0.15) is 5.21 Å². The fraction of sp³-hybridized carbons (Fsp3) is 0.750. The molecule has 6 nitrogen and oxygen atoms in total. The van der Waals surface area contributed by atoms with Gasteiger partial charge in [0.2, 0.25) is 0 Å². The summed E-state index contributed by atoms with van der Waals surface area (Å²) in [6.07, 6.45) is 3.68. The van der Waals surface area contributed by atoms with Crippen molar-refractivity contribution >= 4 is 5.91 Å². The van der Waals surface area contributed by atoms with Gasteiger partial charge in [-0.25, -0.2) is 0 Å². The largest absolute Gasteiger partial charge is 0.346 e. The van der Waals surface area contributed by atoms with Crippen LogP contribution in [-0.4, -0.2) is 32.6 Å². The summed E-state index contributed by atoms with van der Waals surface area (Å²) in [6.45, 7) is 2.02. The third kappa shape index (κ3) is 1.73. The molecule has 0 spiro atoms. The molecule has 2 N–H and O–H groups in total. The molecule has 6 heteroatoms. The van der Waals surface area contributed by atoms with E-state index in [0.29, 0.717) is 5.92 Å². The molecule has 0 aliphatic heterocycles. The topological polar surface area (TPSA) is 83.6 Å². The highest BCUT2D eigenvalue weighted by Gasteiger charge is 2.26. The molecular weight excluding hydrogens is 182 g/mol. The number of amides is 1. The number of aromatic nitrogens is 4. The van der Waals surface area contributed by atoms with E-state index in [1.807, 2.05) is 6.92 Å². The summed E-state index contributed by atoms with van der Waals surface area (Å²) in [5.41, 5.74) is 0. The van der Waals surface area contributed by atoms with Gasteiger partial charge < -0.3 is 5.32 Å².